The van der Waals surface area contributed by atoms with Gasteiger partial charge in [-0.15, -0.1) is 0 Å². The van der Waals surface area contributed by atoms with E-state index in [9.17, 15) is 19.2 Å². The van der Waals surface area contributed by atoms with E-state index in [0.717, 1.165) is 16.7 Å². The van der Waals surface area contributed by atoms with Gasteiger partial charge in [-0.2, -0.15) is 0 Å². The van der Waals surface area contributed by atoms with E-state index in [-0.39, 0.29) is 16.2 Å². The quantitative estimate of drug-likeness (QED) is 0.500. The Hall–Kier alpha value is -3.79. The molecule has 1 heterocycles. The van der Waals surface area contributed by atoms with Gasteiger partial charge in [0.1, 0.15) is 6.54 Å². The van der Waals surface area contributed by atoms with Crippen LogP contribution in [0.4, 0.5) is 10.5 Å². The van der Waals surface area contributed by atoms with Gasteiger partial charge in [-0.3, -0.25) is 19.3 Å². The highest BCUT2D eigenvalue weighted by Crippen LogP contribution is 2.34. The molecule has 1 N–H and O–H groups in total. The molecule has 1 fully saturated rings. The topological polar surface area (TPSA) is 111 Å². The Morgan fingerprint density at radius 1 is 1.03 bits per heavy atom. The smallest absolute Gasteiger partial charge is 0.339 e. The Bertz CT molecular complexity index is 1110. The lowest BCUT2D eigenvalue weighted by Crippen LogP contribution is -2.36. The van der Waals surface area contributed by atoms with Gasteiger partial charge >= 0.3 is 5.97 Å². The van der Waals surface area contributed by atoms with Crippen molar-refractivity contribution in [3.8, 4) is 11.5 Å². The summed E-state index contributed by atoms with van der Waals surface area (Å²) in [6.45, 7) is -0.497. The normalized spacial score (nSPS) is 14.5. The summed E-state index contributed by atoms with van der Waals surface area (Å²) in [6, 6.07) is 11.3. The van der Waals surface area contributed by atoms with Gasteiger partial charge in [0.05, 0.1) is 37.5 Å². The predicted molar refractivity (Wildman–Crippen MR) is 119 cm³/mol. The molecule has 0 saturated carbocycles. The predicted octanol–water partition coefficient (Wildman–Crippen LogP) is 3.17. The highest BCUT2D eigenvalue weighted by molar-refractivity contribution is 8.18. The maximum Gasteiger partial charge on any atom is 0.339 e. The Morgan fingerprint density at radius 3 is 2.44 bits per heavy atom. The molecule has 10 heteroatoms. The Morgan fingerprint density at radius 2 is 1.75 bits per heavy atom. The first-order chi connectivity index (χ1) is 15.4. The molecule has 0 radical (unpaired) electrons. The minimum Gasteiger partial charge on any atom is -0.493 e. The number of rotatable bonds is 7. The van der Waals surface area contributed by atoms with Crippen LogP contribution in [0.5, 0.6) is 11.5 Å². The summed E-state index contributed by atoms with van der Waals surface area (Å²) in [4.78, 5) is 50.4. The Labute approximate surface area is 188 Å². The number of benzene rings is 2. The molecule has 3 amide bonds. The first kappa shape index (κ1) is 22.9. The van der Waals surface area contributed by atoms with Crippen molar-refractivity contribution in [2.75, 3.05) is 33.2 Å². The van der Waals surface area contributed by atoms with Crippen molar-refractivity contribution in [1.82, 2.24) is 4.90 Å². The molecule has 0 unspecified atom stereocenters. The number of ether oxygens (including phenoxy) is 3. The van der Waals surface area contributed by atoms with Crippen LogP contribution in [-0.2, 0) is 14.3 Å². The summed E-state index contributed by atoms with van der Waals surface area (Å²) in [7, 11) is 4.23. The summed E-state index contributed by atoms with van der Waals surface area (Å²) in [5.74, 6) is -0.835. The van der Waals surface area contributed by atoms with E-state index in [0.29, 0.717) is 17.1 Å². The fraction of sp³-hybridized carbons (Fsp3) is 0.182. The number of imide groups is 1. The van der Waals surface area contributed by atoms with E-state index in [1.54, 1.807) is 30.3 Å². The number of anilines is 1. The number of hydrogen-bond acceptors (Lipinski definition) is 8. The highest BCUT2D eigenvalue weighted by Gasteiger charge is 2.36. The van der Waals surface area contributed by atoms with E-state index in [2.05, 4.69) is 5.32 Å². The van der Waals surface area contributed by atoms with Crippen molar-refractivity contribution in [3.05, 3.63) is 58.5 Å². The second kappa shape index (κ2) is 10.0. The number of para-hydroxylation sites is 1. The summed E-state index contributed by atoms with van der Waals surface area (Å²) >= 11 is 0.732. The van der Waals surface area contributed by atoms with Crippen LogP contribution < -0.4 is 14.8 Å². The van der Waals surface area contributed by atoms with Crippen molar-refractivity contribution in [1.29, 1.82) is 0 Å². The third kappa shape index (κ3) is 4.92. The van der Waals surface area contributed by atoms with Crippen LogP contribution in [-0.4, -0.2) is 55.8 Å². The minimum atomic E-state index is -0.629. The van der Waals surface area contributed by atoms with E-state index in [4.69, 9.17) is 14.2 Å². The van der Waals surface area contributed by atoms with Crippen molar-refractivity contribution in [2.24, 2.45) is 0 Å². The number of thioether (sulfide) groups is 1. The van der Waals surface area contributed by atoms with E-state index in [1.165, 1.54) is 39.5 Å². The number of hydrogen-bond donors (Lipinski definition) is 1. The number of esters is 1. The number of nitrogens with zero attached hydrogens (tertiary/aromatic N) is 1. The van der Waals surface area contributed by atoms with E-state index < -0.39 is 29.6 Å². The van der Waals surface area contributed by atoms with Crippen molar-refractivity contribution < 1.29 is 33.4 Å². The Balaban J connectivity index is 1.74. The molecule has 1 aliphatic rings. The average molecular weight is 456 g/mol. The molecule has 0 spiro atoms. The van der Waals surface area contributed by atoms with Crippen LogP contribution in [0.3, 0.4) is 0 Å². The average Bonchev–Trinajstić information content (AvgIpc) is 3.05. The van der Waals surface area contributed by atoms with Crippen molar-refractivity contribution >= 4 is 46.5 Å². The molecule has 9 nitrogen and oxygen atoms in total. The minimum absolute atomic E-state index is 0.158. The molecular weight excluding hydrogens is 436 g/mol. The van der Waals surface area contributed by atoms with Gasteiger partial charge < -0.3 is 19.5 Å². The SMILES string of the molecule is COC(=O)c1ccccc1NC(=O)CN1C(=O)S/C(=C/c2ccc(OC)c(OC)c2)C1=O. The lowest BCUT2D eigenvalue weighted by molar-refractivity contribution is -0.127. The number of methoxy groups -OCH3 is 3. The second-order valence-electron chi connectivity index (χ2n) is 6.47. The van der Waals surface area contributed by atoms with Crippen molar-refractivity contribution in [2.45, 2.75) is 0 Å². The van der Waals surface area contributed by atoms with Crippen LogP contribution in [0.1, 0.15) is 15.9 Å². The molecule has 2 aromatic rings. The number of amides is 3. The Kier molecular flexibility index (Phi) is 7.16. The lowest BCUT2D eigenvalue weighted by Gasteiger charge is -2.14. The molecule has 3 rings (SSSR count). The zero-order chi connectivity index (χ0) is 23.3. The maximum atomic E-state index is 12.7. The fourth-order valence-electron chi connectivity index (χ4n) is 2.94. The second-order valence-corrected chi connectivity index (χ2v) is 7.46. The van der Waals surface area contributed by atoms with Gasteiger partial charge in [0.25, 0.3) is 11.1 Å². The molecule has 32 heavy (non-hydrogen) atoms. The first-order valence-electron chi connectivity index (χ1n) is 9.32. The third-order valence-corrected chi connectivity index (χ3v) is 5.39. The van der Waals surface area contributed by atoms with Gasteiger partial charge in [-0.1, -0.05) is 18.2 Å². The summed E-state index contributed by atoms with van der Waals surface area (Å²) in [6.07, 6.45) is 1.54. The monoisotopic (exact) mass is 456 g/mol. The molecule has 1 saturated heterocycles. The molecule has 0 aromatic heterocycles. The zero-order valence-corrected chi connectivity index (χ0v) is 18.4. The van der Waals surface area contributed by atoms with Gasteiger partial charge in [-0.25, -0.2) is 4.79 Å². The third-order valence-electron chi connectivity index (χ3n) is 4.49. The number of nitrogens with one attached hydrogen (secondary N) is 1. The molecule has 166 valence electrons. The van der Waals surface area contributed by atoms with Gasteiger partial charge in [0.2, 0.25) is 5.91 Å². The van der Waals surface area contributed by atoms with Crippen LogP contribution in [0, 0.1) is 0 Å². The lowest BCUT2D eigenvalue weighted by atomic mass is 10.1. The molecule has 0 bridgehead atoms. The molecule has 0 atom stereocenters. The standard InChI is InChI=1S/C22H20N2O7S/c1-29-16-9-8-13(10-17(16)30-2)11-18-20(26)24(22(28)32-18)12-19(25)23-15-7-5-4-6-14(15)21(27)31-3/h4-11H,12H2,1-3H3,(H,23,25)/b18-11+. The summed E-state index contributed by atoms with van der Waals surface area (Å²) < 4.78 is 15.1. The van der Waals surface area contributed by atoms with Gasteiger partial charge in [0.15, 0.2) is 11.5 Å². The van der Waals surface area contributed by atoms with E-state index >= 15 is 0 Å². The van der Waals surface area contributed by atoms with Crippen molar-refractivity contribution in [3.63, 3.8) is 0 Å². The summed E-state index contributed by atoms with van der Waals surface area (Å²) in [5.41, 5.74) is 1.01. The van der Waals surface area contributed by atoms with Crippen LogP contribution in [0.2, 0.25) is 0 Å². The number of carbonyl (C=O) groups is 4. The van der Waals surface area contributed by atoms with E-state index in [1.807, 2.05) is 0 Å². The molecular formula is C22H20N2O7S. The van der Waals surface area contributed by atoms with Crippen LogP contribution in [0.25, 0.3) is 6.08 Å². The molecule has 2 aromatic carbocycles. The molecule has 0 aliphatic carbocycles. The van der Waals surface area contributed by atoms with Gasteiger partial charge in [0, 0.05) is 0 Å². The van der Waals surface area contributed by atoms with Crippen LogP contribution >= 0.6 is 11.8 Å². The fourth-order valence-corrected chi connectivity index (χ4v) is 3.78. The summed E-state index contributed by atoms with van der Waals surface area (Å²) in [5, 5.41) is 1.97. The first-order valence-corrected chi connectivity index (χ1v) is 10.1. The largest absolute Gasteiger partial charge is 0.493 e. The highest BCUT2D eigenvalue weighted by atomic mass is 32.2. The zero-order valence-electron chi connectivity index (χ0n) is 17.5. The maximum absolute atomic E-state index is 12.7. The van der Waals surface area contributed by atoms with Gasteiger partial charge in [-0.05, 0) is 47.7 Å². The number of carbonyl (C=O) groups excluding carboxylic acids is 4. The van der Waals surface area contributed by atoms with Crippen LogP contribution in [0.15, 0.2) is 47.4 Å². The molecule has 1 aliphatic heterocycles.